The highest BCUT2D eigenvalue weighted by Gasteiger charge is 2.27. The Morgan fingerprint density at radius 2 is 0.672 bits per heavy atom. The summed E-state index contributed by atoms with van der Waals surface area (Å²) in [6.07, 6.45) is 19.7. The fourth-order valence-corrected chi connectivity index (χ4v) is 8.00. The van der Waals surface area contributed by atoms with Gasteiger partial charge in [-0.1, -0.05) is 97.1 Å². The molecule has 0 amide bonds. The molecular weight excluding hydrogens is 801 g/mol. The van der Waals surface area contributed by atoms with Gasteiger partial charge in [-0.2, -0.15) is 0 Å². The SMILES string of the molecule is O=C(/C=C/c1ccccc1)Oc1ccc(/C=C/C(=O)Oc2ccc3c(c2-c2c(OC(=O)/C=C/c4ccc(OC(=O)/C=C/c5ccccc5)cc4)ccc4c2CCCC4)CCCC3)cc1. The topological polar surface area (TPSA) is 105 Å². The molecule has 8 nitrogen and oxygen atoms in total. The van der Waals surface area contributed by atoms with Crippen molar-refractivity contribution in [2.45, 2.75) is 51.4 Å². The highest BCUT2D eigenvalue weighted by molar-refractivity contribution is 5.94. The second kappa shape index (κ2) is 20.8. The van der Waals surface area contributed by atoms with E-state index in [1.807, 2.05) is 84.9 Å². The first kappa shape index (κ1) is 42.8. The average Bonchev–Trinajstić information content (AvgIpc) is 3.33. The van der Waals surface area contributed by atoms with Crippen LogP contribution in [0.3, 0.4) is 0 Å². The van der Waals surface area contributed by atoms with E-state index < -0.39 is 23.9 Å². The molecular formula is C56H46O8. The Balaban J connectivity index is 0.980. The minimum Gasteiger partial charge on any atom is -0.423 e. The number of carbonyl (C=O) groups is 4. The summed E-state index contributed by atoms with van der Waals surface area (Å²) in [6, 6.07) is 40.4. The van der Waals surface area contributed by atoms with E-state index in [0.29, 0.717) is 34.1 Å². The Hall–Kier alpha value is -7.84. The van der Waals surface area contributed by atoms with Gasteiger partial charge in [0, 0.05) is 35.4 Å². The summed E-state index contributed by atoms with van der Waals surface area (Å²) in [6.45, 7) is 0. The molecule has 8 rings (SSSR count). The zero-order chi connectivity index (χ0) is 44.1. The van der Waals surface area contributed by atoms with Gasteiger partial charge in [-0.3, -0.25) is 0 Å². The van der Waals surface area contributed by atoms with E-state index in [1.165, 1.54) is 35.4 Å². The molecule has 0 aromatic heterocycles. The molecule has 6 aromatic carbocycles. The monoisotopic (exact) mass is 846 g/mol. The lowest BCUT2D eigenvalue weighted by molar-refractivity contribution is -0.129. The van der Waals surface area contributed by atoms with Crippen molar-refractivity contribution in [3.63, 3.8) is 0 Å². The molecule has 2 aliphatic carbocycles. The van der Waals surface area contributed by atoms with Crippen LogP contribution in [-0.2, 0) is 44.9 Å². The fraction of sp³-hybridized carbons (Fsp3) is 0.143. The van der Waals surface area contributed by atoms with Crippen LogP contribution in [0.15, 0.2) is 158 Å². The van der Waals surface area contributed by atoms with Crippen molar-refractivity contribution in [3.8, 4) is 34.1 Å². The third-order valence-corrected chi connectivity index (χ3v) is 11.1. The second-order valence-electron chi connectivity index (χ2n) is 15.5. The number of fused-ring (bicyclic) bond motifs is 2. The summed E-state index contributed by atoms with van der Waals surface area (Å²) < 4.78 is 23.2. The summed E-state index contributed by atoms with van der Waals surface area (Å²) >= 11 is 0. The summed E-state index contributed by atoms with van der Waals surface area (Å²) in [5, 5.41) is 0. The quantitative estimate of drug-likeness (QED) is 0.0643. The van der Waals surface area contributed by atoms with Crippen LogP contribution in [0.5, 0.6) is 23.0 Å². The van der Waals surface area contributed by atoms with Crippen molar-refractivity contribution in [1.82, 2.24) is 0 Å². The van der Waals surface area contributed by atoms with Crippen LogP contribution in [0.1, 0.15) is 70.2 Å². The first-order chi connectivity index (χ1) is 31.3. The average molecular weight is 847 g/mol. The normalized spacial score (nSPS) is 13.4. The first-order valence-electron chi connectivity index (χ1n) is 21.5. The maximum atomic E-state index is 13.6. The number of ether oxygens (including phenoxy) is 4. The van der Waals surface area contributed by atoms with Gasteiger partial charge in [0.1, 0.15) is 23.0 Å². The van der Waals surface area contributed by atoms with Crippen molar-refractivity contribution in [2.24, 2.45) is 0 Å². The molecule has 318 valence electrons. The van der Waals surface area contributed by atoms with Crippen molar-refractivity contribution >= 4 is 48.2 Å². The van der Waals surface area contributed by atoms with E-state index in [2.05, 4.69) is 0 Å². The predicted octanol–water partition coefficient (Wildman–Crippen LogP) is 11.6. The van der Waals surface area contributed by atoms with Crippen molar-refractivity contribution < 1.29 is 38.1 Å². The Morgan fingerprint density at radius 1 is 0.344 bits per heavy atom. The number of rotatable bonds is 13. The molecule has 64 heavy (non-hydrogen) atoms. The highest BCUT2D eigenvalue weighted by Crippen LogP contribution is 2.47. The minimum atomic E-state index is -0.561. The van der Waals surface area contributed by atoms with Crippen molar-refractivity contribution in [3.05, 3.63) is 202 Å². The van der Waals surface area contributed by atoms with Crippen LogP contribution in [0.4, 0.5) is 0 Å². The molecule has 0 spiro atoms. The van der Waals surface area contributed by atoms with Gasteiger partial charge in [0.25, 0.3) is 0 Å². The Morgan fingerprint density at radius 3 is 1.05 bits per heavy atom. The van der Waals surface area contributed by atoms with E-state index in [4.69, 9.17) is 18.9 Å². The van der Waals surface area contributed by atoms with E-state index in [0.717, 1.165) is 84.7 Å². The third-order valence-electron chi connectivity index (χ3n) is 11.1. The standard InChI is InChI=1S/C56H46O8/c57-51(35-23-39-11-3-1-4-12-39)61-45-29-19-41(20-30-45)25-37-53(59)63-49-33-27-43-15-7-9-17-47(43)55(49)56-48-18-10-8-16-44(48)28-34-50(56)64-54(60)38-26-42-21-31-46(32-22-42)62-52(58)36-24-40-13-5-2-6-14-40/h1-6,11-14,19-38H,7-10,15-18H2/b35-23+,36-24+,37-25+,38-26+. The van der Waals surface area contributed by atoms with Crippen LogP contribution >= 0.6 is 0 Å². The molecule has 0 saturated carbocycles. The summed E-state index contributed by atoms with van der Waals surface area (Å²) in [5.41, 5.74) is 9.39. The number of benzene rings is 6. The molecule has 0 N–H and O–H groups in total. The molecule has 0 saturated heterocycles. The van der Waals surface area contributed by atoms with Gasteiger partial charge < -0.3 is 18.9 Å². The summed E-state index contributed by atoms with van der Waals surface area (Å²) in [7, 11) is 0. The zero-order valence-electron chi connectivity index (χ0n) is 35.2. The number of carbonyl (C=O) groups excluding carboxylic acids is 4. The van der Waals surface area contributed by atoms with Gasteiger partial charge in [0.15, 0.2) is 0 Å². The van der Waals surface area contributed by atoms with Crippen LogP contribution in [0.25, 0.3) is 35.4 Å². The largest absolute Gasteiger partial charge is 0.423 e. The van der Waals surface area contributed by atoms with Gasteiger partial charge in [-0.05, 0) is 157 Å². The van der Waals surface area contributed by atoms with Gasteiger partial charge >= 0.3 is 23.9 Å². The number of hydrogen-bond donors (Lipinski definition) is 0. The molecule has 0 atom stereocenters. The smallest absolute Gasteiger partial charge is 0.336 e. The van der Waals surface area contributed by atoms with Gasteiger partial charge in [-0.25, -0.2) is 19.2 Å². The van der Waals surface area contributed by atoms with Crippen LogP contribution in [0.2, 0.25) is 0 Å². The molecule has 0 radical (unpaired) electrons. The number of hydrogen-bond acceptors (Lipinski definition) is 8. The van der Waals surface area contributed by atoms with Crippen molar-refractivity contribution in [1.29, 1.82) is 0 Å². The van der Waals surface area contributed by atoms with Crippen LogP contribution in [0, 0.1) is 0 Å². The molecule has 2 aliphatic rings. The van der Waals surface area contributed by atoms with Crippen LogP contribution in [-0.4, -0.2) is 23.9 Å². The molecule has 0 aliphatic heterocycles. The lowest BCUT2D eigenvalue weighted by Gasteiger charge is -2.27. The van der Waals surface area contributed by atoms with E-state index in [1.54, 1.807) is 72.8 Å². The highest BCUT2D eigenvalue weighted by atomic mass is 16.5. The summed E-state index contributed by atoms with van der Waals surface area (Å²) in [5.74, 6) is -0.552. The van der Waals surface area contributed by atoms with E-state index in [9.17, 15) is 19.2 Å². The minimum absolute atomic E-state index is 0.376. The molecule has 0 heterocycles. The molecule has 0 unspecified atom stereocenters. The van der Waals surface area contributed by atoms with Gasteiger partial charge in [0.2, 0.25) is 0 Å². The lowest BCUT2D eigenvalue weighted by Crippen LogP contribution is -2.14. The maximum Gasteiger partial charge on any atom is 0.336 e. The Kier molecular flexibility index (Phi) is 13.9. The third kappa shape index (κ3) is 11.3. The predicted molar refractivity (Wildman–Crippen MR) is 250 cm³/mol. The van der Waals surface area contributed by atoms with Gasteiger partial charge in [0.05, 0.1) is 0 Å². The van der Waals surface area contributed by atoms with E-state index >= 15 is 0 Å². The molecule has 0 fully saturated rings. The molecule has 8 heteroatoms. The number of esters is 4. The maximum absolute atomic E-state index is 13.6. The first-order valence-corrected chi connectivity index (χ1v) is 21.5. The van der Waals surface area contributed by atoms with Crippen molar-refractivity contribution in [2.75, 3.05) is 0 Å². The Bertz CT molecular complexity index is 2570. The van der Waals surface area contributed by atoms with Gasteiger partial charge in [-0.15, -0.1) is 0 Å². The Labute approximate surface area is 372 Å². The molecule has 0 bridgehead atoms. The zero-order valence-corrected chi connectivity index (χ0v) is 35.2. The summed E-state index contributed by atoms with van der Waals surface area (Å²) in [4.78, 5) is 51.9. The molecule has 6 aromatic rings. The number of aryl methyl sites for hydroxylation is 2. The van der Waals surface area contributed by atoms with Crippen LogP contribution < -0.4 is 18.9 Å². The fourth-order valence-electron chi connectivity index (χ4n) is 8.00. The second-order valence-corrected chi connectivity index (χ2v) is 15.5. The lowest BCUT2D eigenvalue weighted by atomic mass is 9.80. The van der Waals surface area contributed by atoms with E-state index in [-0.39, 0.29) is 0 Å².